The molecular formula is C16H22ClNO2. The van der Waals surface area contributed by atoms with E-state index in [1.165, 1.54) is 25.7 Å². The molecule has 0 bridgehead atoms. The predicted octanol–water partition coefficient (Wildman–Crippen LogP) is 4.43. The molecule has 0 unspecified atom stereocenters. The Bertz CT molecular complexity index is 482. The van der Waals surface area contributed by atoms with Crippen LogP contribution in [0.15, 0.2) is 12.1 Å². The van der Waals surface area contributed by atoms with E-state index in [9.17, 15) is 4.79 Å². The number of hydrogen-bond donors (Lipinski definition) is 1. The lowest BCUT2D eigenvalue weighted by atomic mass is 10.0. The number of carbonyl (C=O) groups is 1. The molecule has 0 atom stereocenters. The Balaban J connectivity index is 2.13. The Morgan fingerprint density at radius 3 is 2.75 bits per heavy atom. The molecule has 0 aliphatic heterocycles. The van der Waals surface area contributed by atoms with Crippen molar-refractivity contribution in [2.75, 3.05) is 18.5 Å². The van der Waals surface area contributed by atoms with Crippen molar-refractivity contribution in [3.8, 4) is 0 Å². The highest BCUT2D eigenvalue weighted by Gasteiger charge is 2.17. The van der Waals surface area contributed by atoms with Crippen molar-refractivity contribution < 1.29 is 9.53 Å². The summed E-state index contributed by atoms with van der Waals surface area (Å²) in [4.78, 5) is 11.9. The summed E-state index contributed by atoms with van der Waals surface area (Å²) in [5, 5.41) is 4.00. The van der Waals surface area contributed by atoms with E-state index in [2.05, 4.69) is 5.32 Å². The standard InChI is InChI=1S/C16H22ClNO2/c1-3-20-16(19)14-8-13(17)9-15(11(14)2)18-10-12-6-4-5-7-12/h8-9,12,18H,3-7,10H2,1-2H3. The van der Waals surface area contributed by atoms with Crippen molar-refractivity contribution in [1.29, 1.82) is 0 Å². The lowest BCUT2D eigenvalue weighted by Gasteiger charge is -2.16. The van der Waals surface area contributed by atoms with E-state index >= 15 is 0 Å². The maximum absolute atomic E-state index is 11.9. The van der Waals surface area contributed by atoms with E-state index < -0.39 is 0 Å². The Morgan fingerprint density at radius 2 is 2.10 bits per heavy atom. The fourth-order valence-electron chi connectivity index (χ4n) is 2.75. The number of anilines is 1. The summed E-state index contributed by atoms with van der Waals surface area (Å²) in [6.07, 6.45) is 5.23. The number of hydrogen-bond acceptors (Lipinski definition) is 3. The molecule has 0 spiro atoms. The SMILES string of the molecule is CCOC(=O)c1cc(Cl)cc(NCC2CCCC2)c1C. The Morgan fingerprint density at radius 1 is 1.40 bits per heavy atom. The second kappa shape index (κ2) is 6.98. The zero-order valence-electron chi connectivity index (χ0n) is 12.2. The lowest BCUT2D eigenvalue weighted by molar-refractivity contribution is 0.0525. The van der Waals surface area contributed by atoms with Crippen LogP contribution >= 0.6 is 11.6 Å². The first-order valence-corrected chi connectivity index (χ1v) is 7.70. The number of rotatable bonds is 5. The maximum Gasteiger partial charge on any atom is 0.338 e. The molecule has 1 fully saturated rings. The summed E-state index contributed by atoms with van der Waals surface area (Å²) in [5.41, 5.74) is 2.39. The van der Waals surface area contributed by atoms with Gasteiger partial charge < -0.3 is 10.1 Å². The molecular weight excluding hydrogens is 274 g/mol. The molecule has 20 heavy (non-hydrogen) atoms. The number of esters is 1. The molecule has 1 aromatic rings. The van der Waals surface area contributed by atoms with Crippen LogP contribution in [0, 0.1) is 12.8 Å². The topological polar surface area (TPSA) is 38.3 Å². The highest BCUT2D eigenvalue weighted by atomic mass is 35.5. The van der Waals surface area contributed by atoms with Gasteiger partial charge >= 0.3 is 5.97 Å². The third-order valence-electron chi connectivity index (χ3n) is 3.92. The molecule has 0 heterocycles. The molecule has 3 nitrogen and oxygen atoms in total. The van der Waals surface area contributed by atoms with Crippen molar-refractivity contribution in [2.24, 2.45) is 5.92 Å². The highest BCUT2D eigenvalue weighted by molar-refractivity contribution is 6.31. The number of benzene rings is 1. The van der Waals surface area contributed by atoms with E-state index in [4.69, 9.17) is 16.3 Å². The molecule has 0 radical (unpaired) electrons. The highest BCUT2D eigenvalue weighted by Crippen LogP contribution is 2.28. The minimum absolute atomic E-state index is 0.309. The van der Waals surface area contributed by atoms with Crippen molar-refractivity contribution in [2.45, 2.75) is 39.5 Å². The number of carbonyl (C=O) groups excluding carboxylic acids is 1. The van der Waals surface area contributed by atoms with Crippen LogP contribution in [0.1, 0.15) is 48.5 Å². The van der Waals surface area contributed by atoms with E-state index in [0.29, 0.717) is 17.2 Å². The third kappa shape index (κ3) is 3.66. The summed E-state index contributed by atoms with van der Waals surface area (Å²) >= 11 is 6.11. The normalized spacial score (nSPS) is 15.3. The quantitative estimate of drug-likeness (QED) is 0.817. The Labute approximate surface area is 125 Å². The van der Waals surface area contributed by atoms with Crippen molar-refractivity contribution in [3.05, 3.63) is 28.3 Å². The van der Waals surface area contributed by atoms with Gasteiger partial charge in [-0.3, -0.25) is 0 Å². The molecule has 2 rings (SSSR count). The van der Waals surface area contributed by atoms with Gasteiger partial charge in [-0.1, -0.05) is 24.4 Å². The van der Waals surface area contributed by atoms with Gasteiger partial charge in [0.1, 0.15) is 0 Å². The van der Waals surface area contributed by atoms with E-state index in [1.807, 2.05) is 13.0 Å². The molecule has 1 aromatic carbocycles. The van der Waals surface area contributed by atoms with Gasteiger partial charge in [0.2, 0.25) is 0 Å². The van der Waals surface area contributed by atoms with Crippen LogP contribution in [0.4, 0.5) is 5.69 Å². The first-order chi connectivity index (χ1) is 9.61. The average molecular weight is 296 g/mol. The molecule has 0 aromatic heterocycles. The molecule has 1 saturated carbocycles. The van der Waals surface area contributed by atoms with Gasteiger partial charge in [0.05, 0.1) is 12.2 Å². The van der Waals surface area contributed by atoms with Crippen LogP contribution < -0.4 is 5.32 Å². The molecule has 4 heteroatoms. The predicted molar refractivity (Wildman–Crippen MR) is 82.6 cm³/mol. The minimum Gasteiger partial charge on any atom is -0.462 e. The fourth-order valence-corrected chi connectivity index (χ4v) is 2.97. The zero-order chi connectivity index (χ0) is 14.5. The lowest BCUT2D eigenvalue weighted by Crippen LogP contribution is -2.14. The second-order valence-electron chi connectivity index (χ2n) is 5.38. The van der Waals surface area contributed by atoms with Crippen LogP contribution in [0.25, 0.3) is 0 Å². The van der Waals surface area contributed by atoms with Crippen molar-refractivity contribution in [3.63, 3.8) is 0 Å². The van der Waals surface area contributed by atoms with Gasteiger partial charge in [-0.05, 0) is 50.3 Å². The van der Waals surface area contributed by atoms with Crippen LogP contribution in [0.3, 0.4) is 0 Å². The number of nitrogens with one attached hydrogen (secondary N) is 1. The molecule has 1 N–H and O–H groups in total. The van der Waals surface area contributed by atoms with Crippen LogP contribution in [-0.4, -0.2) is 19.1 Å². The first-order valence-electron chi connectivity index (χ1n) is 7.33. The summed E-state index contributed by atoms with van der Waals surface area (Å²) in [6.45, 7) is 5.05. The van der Waals surface area contributed by atoms with Crippen LogP contribution in [0.2, 0.25) is 5.02 Å². The monoisotopic (exact) mass is 295 g/mol. The van der Waals surface area contributed by atoms with Crippen molar-refractivity contribution >= 4 is 23.3 Å². The third-order valence-corrected chi connectivity index (χ3v) is 4.14. The van der Waals surface area contributed by atoms with Gasteiger partial charge in [0.15, 0.2) is 0 Å². The van der Waals surface area contributed by atoms with E-state index in [0.717, 1.165) is 23.7 Å². The smallest absolute Gasteiger partial charge is 0.338 e. The van der Waals surface area contributed by atoms with Gasteiger partial charge in [0, 0.05) is 17.3 Å². The van der Waals surface area contributed by atoms with Crippen LogP contribution in [0.5, 0.6) is 0 Å². The van der Waals surface area contributed by atoms with Gasteiger partial charge in [-0.2, -0.15) is 0 Å². The molecule has 110 valence electrons. The zero-order valence-corrected chi connectivity index (χ0v) is 12.9. The fraction of sp³-hybridized carbons (Fsp3) is 0.562. The van der Waals surface area contributed by atoms with E-state index in [-0.39, 0.29) is 5.97 Å². The number of halogens is 1. The molecule has 1 aliphatic carbocycles. The number of ether oxygens (including phenoxy) is 1. The van der Waals surface area contributed by atoms with Gasteiger partial charge in [0.25, 0.3) is 0 Å². The molecule has 1 aliphatic rings. The van der Waals surface area contributed by atoms with Crippen molar-refractivity contribution in [1.82, 2.24) is 0 Å². The molecule has 0 saturated heterocycles. The summed E-state index contributed by atoms with van der Waals surface area (Å²) in [5.74, 6) is 0.427. The second-order valence-corrected chi connectivity index (χ2v) is 5.81. The Kier molecular flexibility index (Phi) is 5.30. The van der Waals surface area contributed by atoms with E-state index in [1.54, 1.807) is 13.0 Å². The summed E-state index contributed by atoms with van der Waals surface area (Å²) in [6, 6.07) is 3.56. The van der Waals surface area contributed by atoms with Gasteiger partial charge in [-0.25, -0.2) is 4.79 Å². The van der Waals surface area contributed by atoms with Crippen LogP contribution in [-0.2, 0) is 4.74 Å². The molecule has 0 amide bonds. The summed E-state index contributed by atoms with van der Waals surface area (Å²) < 4.78 is 5.07. The Hall–Kier alpha value is -1.22. The maximum atomic E-state index is 11.9. The largest absolute Gasteiger partial charge is 0.462 e. The average Bonchev–Trinajstić information content (AvgIpc) is 2.92. The summed E-state index contributed by atoms with van der Waals surface area (Å²) in [7, 11) is 0. The minimum atomic E-state index is -0.309. The first kappa shape index (κ1) is 15.2. The van der Waals surface area contributed by atoms with Gasteiger partial charge in [-0.15, -0.1) is 0 Å².